The second kappa shape index (κ2) is 16.9. The molecule has 2 aliphatic carbocycles. The second-order valence-corrected chi connectivity index (χ2v) is 15.9. The maximum atomic E-state index is 13.6. The Morgan fingerprint density at radius 2 is 1.43 bits per heavy atom. The van der Waals surface area contributed by atoms with E-state index in [1.54, 1.807) is 18.0 Å². The molecule has 4 heterocycles. The fourth-order valence-electron chi connectivity index (χ4n) is 9.25. The normalized spacial score (nSPS) is 22.1. The molecule has 1 aliphatic heterocycles. The number of carbonyl (C=O) groups is 3. The van der Waals surface area contributed by atoms with Crippen molar-refractivity contribution in [3.8, 4) is 33.6 Å². The van der Waals surface area contributed by atoms with Gasteiger partial charge in [-0.25, -0.2) is 14.8 Å². The van der Waals surface area contributed by atoms with Crippen molar-refractivity contribution in [2.45, 2.75) is 75.9 Å². The highest BCUT2D eigenvalue weighted by Crippen LogP contribution is 2.56. The van der Waals surface area contributed by atoms with E-state index in [4.69, 9.17) is 14.5 Å². The molecule has 2 aromatic carbocycles. The van der Waals surface area contributed by atoms with Crippen LogP contribution in [0.3, 0.4) is 0 Å². The van der Waals surface area contributed by atoms with E-state index >= 15 is 0 Å². The van der Waals surface area contributed by atoms with Crippen LogP contribution in [0.1, 0.15) is 73.9 Å². The van der Waals surface area contributed by atoms with Gasteiger partial charge in [0.1, 0.15) is 23.4 Å². The molecule has 16 heteroatoms. The van der Waals surface area contributed by atoms with Gasteiger partial charge in [-0.3, -0.25) is 14.6 Å². The summed E-state index contributed by atoms with van der Waals surface area (Å²) in [6.07, 6.45) is 3.43. The quantitative estimate of drug-likeness (QED) is 0.101. The molecule has 3 unspecified atom stereocenters. The number of hydrogen-bond donors (Lipinski definition) is 4. The maximum absolute atomic E-state index is 13.6. The van der Waals surface area contributed by atoms with Gasteiger partial charge in [0.15, 0.2) is 0 Å². The van der Waals surface area contributed by atoms with E-state index in [0.717, 1.165) is 83.8 Å². The number of halogens is 3. The summed E-state index contributed by atoms with van der Waals surface area (Å²) in [5.41, 5.74) is 5.18. The number of likely N-dealkylation sites (tertiary alicyclic amines) is 1. The van der Waals surface area contributed by atoms with Gasteiger partial charge in [0.05, 0.1) is 49.0 Å². The average molecular weight is 825 g/mol. The highest BCUT2D eigenvalue weighted by molar-refractivity contribution is 5.87. The van der Waals surface area contributed by atoms with Gasteiger partial charge in [-0.1, -0.05) is 54.6 Å². The number of nitrogens with one attached hydrogen (secondary N) is 4. The van der Waals surface area contributed by atoms with E-state index in [0.29, 0.717) is 23.9 Å². The van der Waals surface area contributed by atoms with E-state index in [2.05, 4.69) is 42.7 Å². The van der Waals surface area contributed by atoms with Crippen LogP contribution < -0.4 is 10.6 Å². The van der Waals surface area contributed by atoms with Gasteiger partial charge >= 0.3 is 12.3 Å². The minimum absolute atomic E-state index is 0.0704. The Bertz CT molecular complexity index is 2310. The number of alkyl carbamates (subject to hydrolysis) is 1. The van der Waals surface area contributed by atoms with Gasteiger partial charge < -0.3 is 35.0 Å². The van der Waals surface area contributed by atoms with Crippen molar-refractivity contribution in [1.82, 2.24) is 40.5 Å². The Morgan fingerprint density at radius 1 is 0.817 bits per heavy atom. The Kier molecular flexibility index (Phi) is 11.5. The van der Waals surface area contributed by atoms with Crippen molar-refractivity contribution in [1.29, 1.82) is 0 Å². The molecule has 60 heavy (non-hydrogen) atoms. The lowest BCUT2D eigenvalue weighted by Gasteiger charge is -2.30. The van der Waals surface area contributed by atoms with E-state index in [9.17, 15) is 27.6 Å². The Labute approximate surface area is 344 Å². The molecule has 0 radical (unpaired) electrons. The molecule has 5 aromatic rings. The van der Waals surface area contributed by atoms with Gasteiger partial charge in [0.25, 0.3) is 0 Å². The zero-order valence-electron chi connectivity index (χ0n) is 33.5. The molecule has 314 valence electrons. The maximum Gasteiger partial charge on any atom is 0.433 e. The number of carbonyl (C=O) groups excluding carboxylic acids is 3. The van der Waals surface area contributed by atoms with Crippen molar-refractivity contribution >= 4 is 17.9 Å². The first-order valence-electron chi connectivity index (χ1n) is 20.2. The van der Waals surface area contributed by atoms with Crippen molar-refractivity contribution in [2.24, 2.45) is 17.8 Å². The van der Waals surface area contributed by atoms with Crippen molar-refractivity contribution in [2.75, 3.05) is 20.8 Å². The van der Waals surface area contributed by atoms with Gasteiger partial charge in [-0.2, -0.15) is 13.2 Å². The van der Waals surface area contributed by atoms with E-state index in [1.165, 1.54) is 20.3 Å². The number of hydrogen-bond acceptors (Lipinski definition) is 8. The zero-order chi connectivity index (χ0) is 42.1. The number of methoxy groups -OCH3 is 2. The standard InChI is InChI=1S/C44H47F3N8O5/c1-24(59-2)38(54-43(58)60-3)42(57)55-18-4-5-34(55)39-49-22-32(52-39)28-11-7-26(8-12-28)27-9-13-29(14-10-27)33-23-50-40(53-33)36-30-15-16-31(19-30)37(36)41(56)51-21-25-6-17-35(48-20-25)44(45,46)47/h6-14,17,20,22-24,30-31,34,36-38H,4-5,15-16,18-19,21H2,1-3H3,(H,49,52)(H,50,53)(H,51,56)(H,54,58)/t24-,30?,31?,34+,36?,37+,38+/m1/s1. The third-order valence-electron chi connectivity index (χ3n) is 12.5. The number of ether oxygens (including phenoxy) is 2. The Balaban J connectivity index is 0.905. The summed E-state index contributed by atoms with van der Waals surface area (Å²) in [7, 11) is 2.74. The van der Waals surface area contributed by atoms with Crippen LogP contribution in [0.25, 0.3) is 33.6 Å². The van der Waals surface area contributed by atoms with Gasteiger partial charge in [-0.15, -0.1) is 0 Å². The van der Waals surface area contributed by atoms with E-state index < -0.39 is 30.1 Å². The summed E-state index contributed by atoms with van der Waals surface area (Å²) in [6.45, 7) is 2.36. The van der Waals surface area contributed by atoms with Crippen LogP contribution in [-0.2, 0) is 31.8 Å². The molecular formula is C44H47F3N8O5. The highest BCUT2D eigenvalue weighted by Gasteiger charge is 2.52. The van der Waals surface area contributed by atoms with Crippen LogP contribution in [0, 0.1) is 17.8 Å². The smallest absolute Gasteiger partial charge is 0.433 e. The third-order valence-corrected chi connectivity index (χ3v) is 12.5. The first kappa shape index (κ1) is 40.7. The average Bonchev–Trinajstić information content (AvgIpc) is 4.13. The lowest BCUT2D eigenvalue weighted by atomic mass is 9.78. The Morgan fingerprint density at radius 3 is 2.03 bits per heavy atom. The number of imidazole rings is 2. The van der Waals surface area contributed by atoms with Crippen molar-refractivity contribution < 1.29 is 37.0 Å². The SMILES string of the molecule is COC(=O)N[C@H](C(=O)N1CCC[C@H]1c1ncc(-c2ccc(-c3ccc(-c4cnc(C5C6CCC(C6)[C@@H]5C(=O)NCc5ccc(C(F)(F)F)nc5)[nH]4)cc3)cc2)[nH]1)[C@@H](C)OC. The minimum Gasteiger partial charge on any atom is -0.453 e. The number of benzene rings is 2. The molecule has 3 aromatic heterocycles. The van der Waals surface area contributed by atoms with Crippen molar-refractivity contribution in [3.05, 3.63) is 102 Å². The lowest BCUT2D eigenvalue weighted by molar-refractivity contribution is -0.141. The summed E-state index contributed by atoms with van der Waals surface area (Å²) in [5, 5.41) is 5.56. The molecule has 0 spiro atoms. The van der Waals surface area contributed by atoms with Gasteiger partial charge in [-0.05, 0) is 84.7 Å². The molecule has 8 rings (SSSR count). The van der Waals surface area contributed by atoms with E-state index in [-0.39, 0.29) is 42.2 Å². The summed E-state index contributed by atoms with van der Waals surface area (Å²) < 4.78 is 49.0. The van der Waals surface area contributed by atoms with Crippen LogP contribution >= 0.6 is 0 Å². The molecule has 1 saturated heterocycles. The van der Waals surface area contributed by atoms with Crippen LogP contribution in [0.5, 0.6) is 0 Å². The molecule has 4 N–H and O–H groups in total. The number of rotatable bonds is 12. The Hall–Kier alpha value is -6.03. The fourth-order valence-corrected chi connectivity index (χ4v) is 9.25. The van der Waals surface area contributed by atoms with Crippen LogP contribution in [0.2, 0.25) is 0 Å². The topological polar surface area (TPSA) is 167 Å². The number of amides is 3. The molecule has 7 atom stereocenters. The monoisotopic (exact) mass is 824 g/mol. The summed E-state index contributed by atoms with van der Waals surface area (Å²) >= 11 is 0. The predicted molar refractivity (Wildman–Crippen MR) is 215 cm³/mol. The van der Waals surface area contributed by atoms with Crippen molar-refractivity contribution in [3.63, 3.8) is 0 Å². The molecule has 3 amide bonds. The first-order chi connectivity index (χ1) is 28.9. The summed E-state index contributed by atoms with van der Waals surface area (Å²) in [6, 6.07) is 17.4. The summed E-state index contributed by atoms with van der Waals surface area (Å²) in [5.74, 6) is 1.30. The number of aromatic nitrogens is 5. The number of nitrogens with zero attached hydrogens (tertiary/aromatic N) is 4. The number of fused-ring (bicyclic) bond motifs is 2. The van der Waals surface area contributed by atoms with Gasteiger partial charge in [0, 0.05) is 32.3 Å². The number of H-pyrrole nitrogens is 2. The summed E-state index contributed by atoms with van der Waals surface area (Å²) in [4.78, 5) is 60.8. The number of aromatic amines is 2. The molecule has 2 saturated carbocycles. The number of pyridine rings is 1. The van der Waals surface area contributed by atoms with Crippen LogP contribution in [0.4, 0.5) is 18.0 Å². The highest BCUT2D eigenvalue weighted by atomic mass is 19.4. The fraction of sp³-hybridized carbons (Fsp3) is 0.409. The van der Waals surface area contributed by atoms with E-state index in [1.807, 2.05) is 42.6 Å². The van der Waals surface area contributed by atoms with Crippen LogP contribution in [0.15, 0.2) is 79.3 Å². The van der Waals surface area contributed by atoms with Crippen LogP contribution in [-0.4, -0.2) is 80.6 Å². The molecular weight excluding hydrogens is 778 g/mol. The largest absolute Gasteiger partial charge is 0.453 e. The molecule has 3 fully saturated rings. The second-order valence-electron chi connectivity index (χ2n) is 15.9. The molecule has 13 nitrogen and oxygen atoms in total. The third kappa shape index (κ3) is 8.24. The van der Waals surface area contributed by atoms with Gasteiger partial charge in [0.2, 0.25) is 11.8 Å². The lowest BCUT2D eigenvalue weighted by Crippen LogP contribution is -2.54. The minimum atomic E-state index is -4.52. The molecule has 2 bridgehead atoms. The molecule has 3 aliphatic rings. The number of alkyl halides is 3. The predicted octanol–water partition coefficient (Wildman–Crippen LogP) is 7.42. The zero-order valence-corrected chi connectivity index (χ0v) is 33.5. The first-order valence-corrected chi connectivity index (χ1v) is 20.2.